The van der Waals surface area contributed by atoms with E-state index < -0.39 is 23.4 Å². The second-order valence-electron chi connectivity index (χ2n) is 6.77. The first-order valence-corrected chi connectivity index (χ1v) is 9.40. The zero-order valence-electron chi connectivity index (χ0n) is 15.7. The van der Waals surface area contributed by atoms with Gasteiger partial charge in [-0.3, -0.25) is 9.59 Å². The molecule has 4 rings (SSSR count). The van der Waals surface area contributed by atoms with Crippen LogP contribution in [0.1, 0.15) is 11.1 Å². The van der Waals surface area contributed by atoms with Crippen LogP contribution in [-0.2, 0) is 9.59 Å². The predicted molar refractivity (Wildman–Crippen MR) is 112 cm³/mol. The predicted octanol–water partition coefficient (Wildman–Crippen LogP) is 5.32. The van der Waals surface area contributed by atoms with E-state index >= 15 is 0 Å². The highest BCUT2D eigenvalue weighted by Gasteiger charge is 2.40. The highest BCUT2D eigenvalue weighted by atomic mass is 35.5. The molecule has 2 amide bonds. The van der Waals surface area contributed by atoms with Gasteiger partial charge in [0.05, 0.1) is 11.3 Å². The highest BCUT2D eigenvalue weighted by Crippen LogP contribution is 2.35. The first-order chi connectivity index (χ1) is 14.3. The van der Waals surface area contributed by atoms with Crippen molar-refractivity contribution in [1.82, 2.24) is 0 Å². The smallest absolute Gasteiger partial charge is 0.282 e. The summed E-state index contributed by atoms with van der Waals surface area (Å²) in [7, 11) is 0. The van der Waals surface area contributed by atoms with Gasteiger partial charge < -0.3 is 5.32 Å². The Labute approximate surface area is 176 Å². The van der Waals surface area contributed by atoms with Crippen molar-refractivity contribution in [3.05, 3.63) is 100 Å². The van der Waals surface area contributed by atoms with Crippen molar-refractivity contribution in [3.8, 4) is 0 Å². The second-order valence-corrected chi connectivity index (χ2v) is 7.18. The number of anilines is 2. The van der Waals surface area contributed by atoms with Crippen molar-refractivity contribution in [3.63, 3.8) is 0 Å². The van der Waals surface area contributed by atoms with Crippen LogP contribution >= 0.6 is 11.6 Å². The average molecular weight is 425 g/mol. The second kappa shape index (κ2) is 7.72. The Bertz CT molecular complexity index is 1190. The molecule has 1 aliphatic heterocycles. The molecule has 0 aliphatic carbocycles. The molecule has 0 saturated heterocycles. The van der Waals surface area contributed by atoms with Crippen molar-refractivity contribution in [2.24, 2.45) is 0 Å². The quantitative estimate of drug-likeness (QED) is 0.576. The van der Waals surface area contributed by atoms with Crippen LogP contribution in [0.5, 0.6) is 0 Å². The Morgan fingerprint density at radius 2 is 1.43 bits per heavy atom. The minimum Gasteiger partial charge on any atom is -0.350 e. The van der Waals surface area contributed by atoms with Crippen LogP contribution in [0, 0.1) is 18.6 Å². The number of aryl methyl sites for hydroxylation is 1. The minimum atomic E-state index is -0.594. The number of benzene rings is 3. The molecule has 30 heavy (non-hydrogen) atoms. The van der Waals surface area contributed by atoms with Gasteiger partial charge in [0.1, 0.15) is 17.3 Å². The van der Waals surface area contributed by atoms with E-state index in [1.807, 2.05) is 6.92 Å². The topological polar surface area (TPSA) is 49.4 Å². The molecule has 3 aromatic carbocycles. The largest absolute Gasteiger partial charge is 0.350 e. The number of imide groups is 1. The number of halogens is 3. The van der Waals surface area contributed by atoms with Gasteiger partial charge in [0.2, 0.25) is 0 Å². The molecule has 0 unspecified atom stereocenters. The SMILES string of the molecule is Cc1ccc(N2C(=O)C(Nc3ccc(F)cc3)=C(c3ccc(F)cc3)C2=O)cc1Cl. The molecule has 150 valence electrons. The Hall–Kier alpha value is -3.51. The van der Waals surface area contributed by atoms with E-state index in [-0.39, 0.29) is 11.3 Å². The fraction of sp³-hybridized carbons (Fsp3) is 0.0435. The minimum absolute atomic E-state index is 0.00918. The van der Waals surface area contributed by atoms with Crippen LogP contribution in [0.15, 0.2) is 72.4 Å². The maximum atomic E-state index is 13.4. The fourth-order valence-electron chi connectivity index (χ4n) is 3.16. The normalized spacial score (nSPS) is 13.9. The van der Waals surface area contributed by atoms with E-state index in [1.165, 1.54) is 54.6 Å². The molecule has 0 spiro atoms. The standard InChI is InChI=1S/C23H15ClF2N2O2/c1-13-2-11-18(12-19(13)24)28-22(29)20(14-3-5-15(25)6-4-14)21(23(28)30)27-17-9-7-16(26)8-10-17/h2-12,27H,1H3. The van der Waals surface area contributed by atoms with Gasteiger partial charge in [-0.15, -0.1) is 0 Å². The van der Waals surface area contributed by atoms with E-state index in [2.05, 4.69) is 5.32 Å². The third-order valence-electron chi connectivity index (χ3n) is 4.74. The summed E-state index contributed by atoms with van der Waals surface area (Å²) in [6.07, 6.45) is 0. The van der Waals surface area contributed by atoms with Crippen molar-refractivity contribution >= 4 is 40.4 Å². The van der Waals surface area contributed by atoms with Crippen LogP contribution in [0.3, 0.4) is 0 Å². The van der Waals surface area contributed by atoms with Gasteiger partial charge in [0.25, 0.3) is 11.8 Å². The Kier molecular flexibility index (Phi) is 5.10. The molecule has 0 radical (unpaired) electrons. The summed E-state index contributed by atoms with van der Waals surface area (Å²) >= 11 is 6.18. The van der Waals surface area contributed by atoms with Crippen molar-refractivity contribution < 1.29 is 18.4 Å². The summed E-state index contributed by atoms with van der Waals surface area (Å²) in [5, 5.41) is 3.32. The summed E-state index contributed by atoms with van der Waals surface area (Å²) in [5.74, 6) is -2.07. The lowest BCUT2D eigenvalue weighted by molar-refractivity contribution is -0.120. The number of hydrogen-bond acceptors (Lipinski definition) is 3. The molecule has 7 heteroatoms. The molecule has 0 atom stereocenters. The van der Waals surface area contributed by atoms with Gasteiger partial charge >= 0.3 is 0 Å². The monoisotopic (exact) mass is 424 g/mol. The van der Waals surface area contributed by atoms with Crippen LogP contribution < -0.4 is 10.2 Å². The Morgan fingerprint density at radius 3 is 2.03 bits per heavy atom. The molecule has 1 aliphatic rings. The maximum Gasteiger partial charge on any atom is 0.282 e. The molecule has 1 N–H and O–H groups in total. The first kappa shape index (κ1) is 19.8. The highest BCUT2D eigenvalue weighted by molar-refractivity contribution is 6.46. The van der Waals surface area contributed by atoms with E-state index in [1.54, 1.807) is 12.1 Å². The number of nitrogens with one attached hydrogen (secondary N) is 1. The van der Waals surface area contributed by atoms with E-state index in [4.69, 9.17) is 11.6 Å². The Morgan fingerprint density at radius 1 is 0.833 bits per heavy atom. The number of hydrogen-bond donors (Lipinski definition) is 1. The van der Waals surface area contributed by atoms with Gasteiger partial charge in [0, 0.05) is 10.7 Å². The molecule has 3 aromatic rings. The molecule has 0 aromatic heterocycles. The number of nitrogens with zero attached hydrogens (tertiary/aromatic N) is 1. The van der Waals surface area contributed by atoms with Gasteiger partial charge in [-0.25, -0.2) is 13.7 Å². The van der Waals surface area contributed by atoms with Gasteiger partial charge in [0.15, 0.2) is 0 Å². The van der Waals surface area contributed by atoms with Crippen molar-refractivity contribution in [1.29, 1.82) is 0 Å². The van der Waals surface area contributed by atoms with Crippen molar-refractivity contribution in [2.75, 3.05) is 10.2 Å². The number of carbonyl (C=O) groups excluding carboxylic acids is 2. The lowest BCUT2D eigenvalue weighted by Crippen LogP contribution is -2.32. The van der Waals surface area contributed by atoms with Gasteiger partial charge in [-0.1, -0.05) is 29.8 Å². The zero-order chi connectivity index (χ0) is 21.4. The van der Waals surface area contributed by atoms with Crippen LogP contribution in [-0.4, -0.2) is 11.8 Å². The summed E-state index contributed by atoms with van der Waals surface area (Å²) in [6.45, 7) is 1.81. The summed E-state index contributed by atoms with van der Waals surface area (Å²) in [5.41, 5.74) is 2.01. The molecule has 4 nitrogen and oxygen atoms in total. The van der Waals surface area contributed by atoms with Crippen LogP contribution in [0.2, 0.25) is 5.02 Å². The van der Waals surface area contributed by atoms with Gasteiger partial charge in [-0.2, -0.15) is 0 Å². The lowest BCUT2D eigenvalue weighted by atomic mass is 10.0. The molecule has 0 bridgehead atoms. The average Bonchev–Trinajstić information content (AvgIpc) is 2.96. The molecular weight excluding hydrogens is 410 g/mol. The molecular formula is C23H15ClF2N2O2. The summed E-state index contributed by atoms with van der Waals surface area (Å²) in [4.78, 5) is 27.5. The number of amides is 2. The summed E-state index contributed by atoms with van der Waals surface area (Å²) < 4.78 is 26.7. The number of carbonyl (C=O) groups is 2. The van der Waals surface area contributed by atoms with Crippen LogP contribution in [0.25, 0.3) is 5.57 Å². The van der Waals surface area contributed by atoms with E-state index in [0.717, 1.165) is 10.5 Å². The molecule has 0 saturated carbocycles. The lowest BCUT2D eigenvalue weighted by Gasteiger charge is -2.16. The van der Waals surface area contributed by atoms with Crippen LogP contribution in [0.4, 0.5) is 20.2 Å². The third-order valence-corrected chi connectivity index (χ3v) is 5.15. The first-order valence-electron chi connectivity index (χ1n) is 9.03. The fourth-order valence-corrected chi connectivity index (χ4v) is 3.34. The van der Waals surface area contributed by atoms with Crippen molar-refractivity contribution in [2.45, 2.75) is 6.92 Å². The molecule has 1 heterocycles. The van der Waals surface area contributed by atoms with E-state index in [9.17, 15) is 18.4 Å². The van der Waals surface area contributed by atoms with Gasteiger partial charge in [-0.05, 0) is 66.6 Å². The Balaban J connectivity index is 1.82. The molecule has 0 fully saturated rings. The number of rotatable bonds is 4. The zero-order valence-corrected chi connectivity index (χ0v) is 16.5. The maximum absolute atomic E-state index is 13.4. The third kappa shape index (κ3) is 3.57. The summed E-state index contributed by atoms with van der Waals surface area (Å²) in [6, 6.07) is 15.5. The van der Waals surface area contributed by atoms with E-state index in [0.29, 0.717) is 22.0 Å².